The van der Waals surface area contributed by atoms with Gasteiger partial charge in [-0.15, -0.1) is 0 Å². The van der Waals surface area contributed by atoms with Gasteiger partial charge in [0.15, 0.2) is 5.13 Å². The topological polar surface area (TPSA) is 38.9 Å². The van der Waals surface area contributed by atoms with Crippen LogP contribution in [0.4, 0.5) is 5.13 Å². The second-order valence-electron chi connectivity index (χ2n) is 2.99. The van der Waals surface area contributed by atoms with Crippen molar-refractivity contribution in [2.45, 2.75) is 6.92 Å². The number of nitrogens with zero attached hydrogens (tertiary/aromatic N) is 1. The lowest BCUT2D eigenvalue weighted by atomic mass is 10.1. The normalized spacial score (nSPS) is 10.5. The summed E-state index contributed by atoms with van der Waals surface area (Å²) in [6.07, 6.45) is 0. The first-order valence-corrected chi connectivity index (χ1v) is 4.81. The van der Waals surface area contributed by atoms with Crippen molar-refractivity contribution in [2.24, 2.45) is 0 Å². The van der Waals surface area contributed by atoms with Gasteiger partial charge in [-0.1, -0.05) is 30.0 Å². The van der Waals surface area contributed by atoms with Crippen LogP contribution in [-0.4, -0.2) is 4.98 Å². The zero-order chi connectivity index (χ0) is 9.42. The van der Waals surface area contributed by atoms with Crippen LogP contribution < -0.4 is 5.73 Å². The highest BCUT2D eigenvalue weighted by molar-refractivity contribution is 7.22. The van der Waals surface area contributed by atoms with Gasteiger partial charge in [-0.3, -0.25) is 0 Å². The molecule has 0 atom stereocenters. The Hall–Kier alpha value is -1.35. The first-order chi connectivity index (χ1) is 6.18. The smallest absolute Gasteiger partial charge is 0.181 e. The van der Waals surface area contributed by atoms with Gasteiger partial charge in [0.05, 0.1) is 10.2 Å². The molecule has 3 heteroatoms. The lowest BCUT2D eigenvalue weighted by Crippen LogP contribution is -1.79. The molecule has 2 rings (SSSR count). The molecule has 1 aromatic carbocycles. The maximum atomic E-state index is 5.64. The quantitative estimate of drug-likeness (QED) is 0.751. The monoisotopic (exact) mass is 190 g/mol. The Balaban J connectivity index is 2.82. The Kier molecular flexibility index (Phi) is 1.81. The van der Waals surface area contributed by atoms with Gasteiger partial charge < -0.3 is 5.73 Å². The predicted octanol–water partition coefficient (Wildman–Crippen LogP) is 2.91. The summed E-state index contributed by atoms with van der Waals surface area (Å²) in [4.78, 5) is 4.21. The molecule has 0 saturated carbocycles. The van der Waals surface area contributed by atoms with Crippen LogP contribution in [0.2, 0.25) is 0 Å². The molecule has 1 heterocycles. The first kappa shape index (κ1) is 8.26. The third-order valence-electron chi connectivity index (χ3n) is 1.89. The number of hydrogen-bond acceptors (Lipinski definition) is 3. The Morgan fingerprint density at radius 3 is 3.00 bits per heavy atom. The number of anilines is 1. The van der Waals surface area contributed by atoms with E-state index in [-0.39, 0.29) is 0 Å². The summed E-state index contributed by atoms with van der Waals surface area (Å²) in [5.41, 5.74) is 8.79. The summed E-state index contributed by atoms with van der Waals surface area (Å²) < 4.78 is 1.13. The van der Waals surface area contributed by atoms with Crippen molar-refractivity contribution in [1.29, 1.82) is 0 Å². The number of nitrogen functional groups attached to an aromatic ring is 1. The van der Waals surface area contributed by atoms with E-state index in [0.29, 0.717) is 5.13 Å². The maximum Gasteiger partial charge on any atom is 0.181 e. The molecule has 2 aromatic rings. The highest BCUT2D eigenvalue weighted by Gasteiger charge is 2.05. The van der Waals surface area contributed by atoms with Crippen LogP contribution in [0.5, 0.6) is 0 Å². The first-order valence-electron chi connectivity index (χ1n) is 3.99. The molecule has 0 aliphatic rings. The lowest BCUT2D eigenvalue weighted by molar-refractivity contribution is 1.49. The van der Waals surface area contributed by atoms with Gasteiger partial charge in [-0.25, -0.2) is 4.98 Å². The zero-order valence-electron chi connectivity index (χ0n) is 7.37. The van der Waals surface area contributed by atoms with Gasteiger partial charge in [0.1, 0.15) is 0 Å². The second-order valence-corrected chi connectivity index (χ2v) is 4.02. The van der Waals surface area contributed by atoms with Crippen LogP contribution in [0.3, 0.4) is 0 Å². The largest absolute Gasteiger partial charge is 0.375 e. The van der Waals surface area contributed by atoms with Gasteiger partial charge in [-0.2, -0.15) is 0 Å². The van der Waals surface area contributed by atoms with Crippen molar-refractivity contribution in [1.82, 2.24) is 4.98 Å². The van der Waals surface area contributed by atoms with E-state index >= 15 is 0 Å². The predicted molar refractivity (Wildman–Crippen MR) is 58.7 cm³/mol. The highest BCUT2D eigenvalue weighted by atomic mass is 32.1. The van der Waals surface area contributed by atoms with E-state index in [4.69, 9.17) is 5.73 Å². The molecular weight excluding hydrogens is 180 g/mol. The number of allylic oxidation sites excluding steroid dienone is 1. The number of benzene rings is 1. The minimum absolute atomic E-state index is 0.615. The standard InChI is InChI=1S/C10H10N2S/c1-6(2)7-4-3-5-8-9(7)13-10(11)12-8/h3-5H,1H2,2H3,(H2,11,12). The third kappa shape index (κ3) is 1.31. The Morgan fingerprint density at radius 2 is 2.31 bits per heavy atom. The summed E-state index contributed by atoms with van der Waals surface area (Å²) in [6, 6.07) is 5.99. The summed E-state index contributed by atoms with van der Waals surface area (Å²) >= 11 is 1.51. The molecule has 0 radical (unpaired) electrons. The van der Waals surface area contributed by atoms with E-state index < -0.39 is 0 Å². The third-order valence-corrected chi connectivity index (χ3v) is 2.82. The van der Waals surface area contributed by atoms with Crippen LogP contribution in [0.25, 0.3) is 15.8 Å². The number of nitrogens with two attached hydrogens (primary N) is 1. The Morgan fingerprint density at radius 1 is 1.54 bits per heavy atom. The molecule has 66 valence electrons. The molecule has 0 amide bonds. The van der Waals surface area contributed by atoms with Crippen molar-refractivity contribution in [3.05, 3.63) is 30.3 Å². The zero-order valence-corrected chi connectivity index (χ0v) is 8.19. The summed E-state index contributed by atoms with van der Waals surface area (Å²) in [5, 5.41) is 0.615. The number of rotatable bonds is 1. The lowest BCUT2D eigenvalue weighted by Gasteiger charge is -1.98. The average Bonchev–Trinajstić information content (AvgIpc) is 2.43. The molecule has 0 aliphatic carbocycles. The van der Waals surface area contributed by atoms with E-state index in [1.807, 2.05) is 25.1 Å². The molecule has 0 saturated heterocycles. The van der Waals surface area contributed by atoms with E-state index in [0.717, 1.165) is 21.4 Å². The molecule has 0 fully saturated rings. The van der Waals surface area contributed by atoms with Crippen molar-refractivity contribution in [3.8, 4) is 0 Å². The molecule has 1 aromatic heterocycles. The molecule has 0 aliphatic heterocycles. The van der Waals surface area contributed by atoms with Crippen LogP contribution in [0.1, 0.15) is 12.5 Å². The fourth-order valence-electron chi connectivity index (χ4n) is 1.30. The SMILES string of the molecule is C=C(C)c1cccc2nc(N)sc12. The van der Waals surface area contributed by atoms with Crippen LogP contribution in [-0.2, 0) is 0 Å². The summed E-state index contributed by atoms with van der Waals surface area (Å²) in [5.74, 6) is 0. The molecule has 2 N–H and O–H groups in total. The van der Waals surface area contributed by atoms with Crippen LogP contribution in [0, 0.1) is 0 Å². The molecule has 0 bridgehead atoms. The van der Waals surface area contributed by atoms with Gasteiger partial charge in [-0.05, 0) is 24.1 Å². The average molecular weight is 190 g/mol. The summed E-state index contributed by atoms with van der Waals surface area (Å²) in [7, 11) is 0. The van der Waals surface area contributed by atoms with Crippen LogP contribution in [0.15, 0.2) is 24.8 Å². The van der Waals surface area contributed by atoms with Gasteiger partial charge in [0.2, 0.25) is 0 Å². The molecular formula is C10H10N2S. The van der Waals surface area contributed by atoms with Crippen molar-refractivity contribution in [2.75, 3.05) is 5.73 Å². The van der Waals surface area contributed by atoms with E-state index in [9.17, 15) is 0 Å². The van der Waals surface area contributed by atoms with Gasteiger partial charge >= 0.3 is 0 Å². The molecule has 0 spiro atoms. The Bertz CT molecular complexity index is 471. The van der Waals surface area contributed by atoms with Gasteiger partial charge in [0.25, 0.3) is 0 Å². The molecule has 2 nitrogen and oxygen atoms in total. The minimum atomic E-state index is 0.615. The molecule has 13 heavy (non-hydrogen) atoms. The van der Waals surface area contributed by atoms with Crippen molar-refractivity contribution < 1.29 is 0 Å². The van der Waals surface area contributed by atoms with E-state index in [2.05, 4.69) is 11.6 Å². The number of fused-ring (bicyclic) bond motifs is 1. The molecule has 0 unspecified atom stereocenters. The number of thiazole rings is 1. The van der Waals surface area contributed by atoms with Crippen molar-refractivity contribution >= 4 is 32.3 Å². The van der Waals surface area contributed by atoms with Crippen molar-refractivity contribution in [3.63, 3.8) is 0 Å². The fourth-order valence-corrected chi connectivity index (χ4v) is 2.23. The van der Waals surface area contributed by atoms with E-state index in [1.54, 1.807) is 0 Å². The number of hydrogen-bond donors (Lipinski definition) is 1. The minimum Gasteiger partial charge on any atom is -0.375 e. The number of aromatic nitrogens is 1. The second kappa shape index (κ2) is 2.85. The van der Waals surface area contributed by atoms with Gasteiger partial charge in [0, 0.05) is 0 Å². The maximum absolute atomic E-state index is 5.64. The highest BCUT2D eigenvalue weighted by Crippen LogP contribution is 2.30. The van der Waals surface area contributed by atoms with E-state index in [1.165, 1.54) is 11.3 Å². The van der Waals surface area contributed by atoms with Crippen LogP contribution >= 0.6 is 11.3 Å². The Labute approximate surface area is 80.7 Å². The summed E-state index contributed by atoms with van der Waals surface area (Å²) in [6.45, 7) is 5.91. The fraction of sp³-hybridized carbons (Fsp3) is 0.100.